The Labute approximate surface area is 113 Å². The van der Waals surface area contributed by atoms with E-state index >= 15 is 0 Å². The molecule has 0 radical (unpaired) electrons. The van der Waals surface area contributed by atoms with Gasteiger partial charge in [0.05, 0.1) is 11.9 Å². The van der Waals surface area contributed by atoms with Gasteiger partial charge in [0.25, 0.3) is 5.91 Å². The molecule has 0 bridgehead atoms. The second-order valence-corrected chi connectivity index (χ2v) is 5.02. The molecule has 0 unspecified atom stereocenters. The first-order valence-electron chi connectivity index (χ1n) is 5.78. The van der Waals surface area contributed by atoms with Crippen LogP contribution in [0.1, 0.15) is 15.2 Å². The van der Waals surface area contributed by atoms with E-state index in [2.05, 4.69) is 15.5 Å². The maximum absolute atomic E-state index is 12.3. The van der Waals surface area contributed by atoms with Gasteiger partial charge in [-0.15, -0.1) is 11.3 Å². The molecule has 0 fully saturated rings. The van der Waals surface area contributed by atoms with Crippen LogP contribution in [0.4, 0.5) is 5.82 Å². The zero-order valence-electron chi connectivity index (χ0n) is 10.3. The molecule has 19 heavy (non-hydrogen) atoms. The van der Waals surface area contributed by atoms with Crippen molar-refractivity contribution in [2.24, 2.45) is 0 Å². The molecule has 96 valence electrons. The fraction of sp³-hybridized carbons (Fsp3) is 0.0769. The molecular formula is C13H12N4OS. The normalized spacial score (nSPS) is 10.6. The number of carbonyl (C=O) groups is 1. The quantitative estimate of drug-likeness (QED) is 0.770. The molecule has 3 heterocycles. The lowest BCUT2D eigenvalue weighted by atomic mass is 10.3. The van der Waals surface area contributed by atoms with Gasteiger partial charge in [-0.2, -0.15) is 5.10 Å². The Kier molecular flexibility index (Phi) is 2.92. The maximum atomic E-state index is 12.3. The van der Waals surface area contributed by atoms with Gasteiger partial charge >= 0.3 is 0 Å². The summed E-state index contributed by atoms with van der Waals surface area (Å²) in [7, 11) is 0. The number of nitrogens with zero attached hydrogens (tertiary/aromatic N) is 2. The first-order valence-corrected chi connectivity index (χ1v) is 6.66. The van der Waals surface area contributed by atoms with Crippen LogP contribution >= 0.6 is 11.3 Å². The van der Waals surface area contributed by atoms with Crippen LogP contribution in [-0.2, 0) is 0 Å². The van der Waals surface area contributed by atoms with Crippen molar-refractivity contribution in [2.75, 3.05) is 5.32 Å². The van der Waals surface area contributed by atoms with Gasteiger partial charge in [-0.1, -0.05) is 0 Å². The van der Waals surface area contributed by atoms with E-state index in [9.17, 15) is 4.79 Å². The minimum absolute atomic E-state index is 0.133. The summed E-state index contributed by atoms with van der Waals surface area (Å²) in [4.78, 5) is 13.0. The van der Waals surface area contributed by atoms with Crippen molar-refractivity contribution in [1.82, 2.24) is 14.8 Å². The Morgan fingerprint density at radius 1 is 1.42 bits per heavy atom. The lowest BCUT2D eigenvalue weighted by Crippen LogP contribution is -2.13. The molecule has 0 aromatic carbocycles. The number of nitrogens with one attached hydrogen (secondary N) is 2. The third-order valence-corrected chi connectivity index (χ3v) is 3.70. The van der Waals surface area contributed by atoms with Gasteiger partial charge in [0, 0.05) is 18.0 Å². The van der Waals surface area contributed by atoms with Crippen molar-refractivity contribution < 1.29 is 4.79 Å². The van der Waals surface area contributed by atoms with Crippen molar-refractivity contribution in [3.63, 3.8) is 0 Å². The zero-order valence-corrected chi connectivity index (χ0v) is 11.1. The number of anilines is 1. The minimum atomic E-state index is -0.133. The number of carbonyl (C=O) groups excluding carboxylic acids is 1. The summed E-state index contributed by atoms with van der Waals surface area (Å²) in [6.07, 6.45) is 5.51. The number of amides is 1. The molecular weight excluding hydrogens is 260 g/mol. The van der Waals surface area contributed by atoms with Crippen LogP contribution in [0.15, 0.2) is 42.2 Å². The van der Waals surface area contributed by atoms with E-state index in [0.717, 1.165) is 11.3 Å². The summed E-state index contributed by atoms with van der Waals surface area (Å²) in [5.41, 5.74) is 1.79. The number of aromatic nitrogens is 3. The zero-order chi connectivity index (χ0) is 13.2. The molecule has 0 atom stereocenters. The summed E-state index contributed by atoms with van der Waals surface area (Å²) in [6, 6.07) is 5.79. The lowest BCUT2D eigenvalue weighted by Gasteiger charge is -2.06. The summed E-state index contributed by atoms with van der Waals surface area (Å²) in [5.74, 6) is 0.503. The number of thiophene rings is 1. The summed E-state index contributed by atoms with van der Waals surface area (Å²) in [6.45, 7) is 1.89. The number of aryl methyl sites for hydroxylation is 1. The van der Waals surface area contributed by atoms with E-state index in [1.807, 2.05) is 47.5 Å². The van der Waals surface area contributed by atoms with Gasteiger partial charge in [0.15, 0.2) is 0 Å². The van der Waals surface area contributed by atoms with Crippen LogP contribution < -0.4 is 5.32 Å². The number of hydrogen-bond acceptors (Lipinski definition) is 3. The van der Waals surface area contributed by atoms with E-state index in [-0.39, 0.29) is 5.91 Å². The summed E-state index contributed by atoms with van der Waals surface area (Å²) >= 11 is 1.42. The molecule has 0 aliphatic rings. The van der Waals surface area contributed by atoms with Gasteiger partial charge in [0.1, 0.15) is 10.7 Å². The van der Waals surface area contributed by atoms with E-state index in [1.165, 1.54) is 11.3 Å². The number of rotatable bonds is 3. The molecule has 3 aromatic rings. The Morgan fingerprint density at radius 3 is 2.89 bits per heavy atom. The second kappa shape index (κ2) is 4.74. The van der Waals surface area contributed by atoms with E-state index in [4.69, 9.17) is 0 Å². The van der Waals surface area contributed by atoms with Crippen molar-refractivity contribution in [2.45, 2.75) is 6.92 Å². The summed E-state index contributed by atoms with van der Waals surface area (Å²) < 4.78 is 1.92. The highest BCUT2D eigenvalue weighted by molar-refractivity contribution is 7.12. The van der Waals surface area contributed by atoms with Crippen LogP contribution in [0.5, 0.6) is 0 Å². The van der Waals surface area contributed by atoms with Gasteiger partial charge in [0.2, 0.25) is 0 Å². The van der Waals surface area contributed by atoms with Gasteiger partial charge in [-0.25, -0.2) is 0 Å². The monoisotopic (exact) mass is 272 g/mol. The highest BCUT2D eigenvalue weighted by Gasteiger charge is 2.15. The van der Waals surface area contributed by atoms with Gasteiger partial charge in [-0.05, 0) is 30.5 Å². The van der Waals surface area contributed by atoms with Crippen molar-refractivity contribution in [3.8, 4) is 5.69 Å². The van der Waals surface area contributed by atoms with E-state index in [0.29, 0.717) is 10.7 Å². The first kappa shape index (κ1) is 11.7. The standard InChI is InChI=1S/C13H12N4OS/c1-9-8-14-16-12(9)15-13(18)11-10(4-7-19-11)17-5-2-3-6-17/h2-8H,1H3,(H2,14,15,16,18). The van der Waals surface area contributed by atoms with Crippen LogP contribution in [0.25, 0.3) is 5.69 Å². The first-order chi connectivity index (χ1) is 9.25. The molecule has 0 aliphatic heterocycles. The van der Waals surface area contributed by atoms with Crippen LogP contribution in [-0.4, -0.2) is 20.7 Å². The second-order valence-electron chi connectivity index (χ2n) is 4.11. The fourth-order valence-corrected chi connectivity index (χ4v) is 2.60. The third kappa shape index (κ3) is 2.17. The Hall–Kier alpha value is -2.34. The molecule has 5 nitrogen and oxygen atoms in total. The van der Waals surface area contributed by atoms with Crippen LogP contribution in [0.3, 0.4) is 0 Å². The Bertz CT molecular complexity index is 696. The Balaban J connectivity index is 1.89. The topological polar surface area (TPSA) is 62.7 Å². The highest BCUT2D eigenvalue weighted by atomic mass is 32.1. The summed E-state index contributed by atoms with van der Waals surface area (Å²) in [5, 5.41) is 11.4. The Morgan fingerprint density at radius 2 is 2.21 bits per heavy atom. The SMILES string of the molecule is Cc1cn[nH]c1NC(=O)c1sccc1-n1cccc1. The predicted molar refractivity (Wildman–Crippen MR) is 74.9 cm³/mol. The molecule has 1 amide bonds. The smallest absolute Gasteiger partial charge is 0.269 e. The third-order valence-electron chi connectivity index (χ3n) is 2.80. The predicted octanol–water partition coefficient (Wildman–Crippen LogP) is 2.82. The molecule has 3 rings (SSSR count). The molecule has 0 spiro atoms. The van der Waals surface area contributed by atoms with Crippen molar-refractivity contribution in [3.05, 3.63) is 52.6 Å². The molecule has 3 aromatic heterocycles. The van der Waals surface area contributed by atoms with Crippen molar-refractivity contribution >= 4 is 23.1 Å². The minimum Gasteiger partial charge on any atom is -0.322 e. The van der Waals surface area contributed by atoms with Crippen LogP contribution in [0.2, 0.25) is 0 Å². The molecule has 6 heteroatoms. The molecule has 0 saturated heterocycles. The molecule has 2 N–H and O–H groups in total. The average Bonchev–Trinajstić information content (AvgIpc) is 3.09. The molecule has 0 aliphatic carbocycles. The van der Waals surface area contributed by atoms with Gasteiger partial charge in [-0.3, -0.25) is 9.89 Å². The number of H-pyrrole nitrogens is 1. The van der Waals surface area contributed by atoms with Crippen molar-refractivity contribution in [1.29, 1.82) is 0 Å². The maximum Gasteiger partial charge on any atom is 0.269 e. The largest absolute Gasteiger partial charge is 0.322 e. The van der Waals surface area contributed by atoms with E-state index in [1.54, 1.807) is 6.20 Å². The average molecular weight is 272 g/mol. The number of aromatic amines is 1. The highest BCUT2D eigenvalue weighted by Crippen LogP contribution is 2.22. The lowest BCUT2D eigenvalue weighted by molar-refractivity contribution is 0.103. The molecule has 0 saturated carbocycles. The number of hydrogen-bond donors (Lipinski definition) is 2. The fourth-order valence-electron chi connectivity index (χ4n) is 1.81. The van der Waals surface area contributed by atoms with Gasteiger partial charge < -0.3 is 9.88 Å². The van der Waals surface area contributed by atoms with Crippen LogP contribution in [0, 0.1) is 6.92 Å². The van der Waals surface area contributed by atoms with E-state index < -0.39 is 0 Å².